The van der Waals surface area contributed by atoms with Crippen molar-refractivity contribution in [2.45, 2.75) is 38.6 Å². The number of benzene rings is 1. The number of nitrogens with one attached hydrogen (secondary N) is 1. The third-order valence-corrected chi connectivity index (χ3v) is 6.46. The van der Waals surface area contributed by atoms with E-state index in [4.69, 9.17) is 16.3 Å². The maximum atomic E-state index is 13.0. The Hall–Kier alpha value is -2.38. The Balaban J connectivity index is 1.38. The SMILES string of the molecule is O=C(Cn1cnc2sc3c(c2c1=O)CCCCC3)NCCOc1ccc(Cl)cc1. The first-order valence-corrected chi connectivity index (χ1v) is 11.0. The lowest BCUT2D eigenvalue weighted by Gasteiger charge is -2.09. The summed E-state index contributed by atoms with van der Waals surface area (Å²) in [6.07, 6.45) is 6.87. The summed E-state index contributed by atoms with van der Waals surface area (Å²) in [5.41, 5.74) is 1.02. The van der Waals surface area contributed by atoms with E-state index in [0.717, 1.165) is 36.1 Å². The van der Waals surface area contributed by atoms with Gasteiger partial charge in [0.1, 0.15) is 23.7 Å². The number of hydrogen-bond acceptors (Lipinski definition) is 5. The fraction of sp³-hybridized carbons (Fsp3) is 0.381. The van der Waals surface area contributed by atoms with Crippen LogP contribution < -0.4 is 15.6 Å². The summed E-state index contributed by atoms with van der Waals surface area (Å²) in [6, 6.07) is 7.04. The largest absolute Gasteiger partial charge is 0.492 e. The monoisotopic (exact) mass is 431 g/mol. The summed E-state index contributed by atoms with van der Waals surface area (Å²) in [5.74, 6) is 0.446. The summed E-state index contributed by atoms with van der Waals surface area (Å²) in [6.45, 7) is 0.630. The predicted molar refractivity (Wildman–Crippen MR) is 115 cm³/mol. The molecule has 0 saturated carbocycles. The normalized spacial score (nSPS) is 13.7. The first-order chi connectivity index (χ1) is 14.1. The summed E-state index contributed by atoms with van der Waals surface area (Å²) in [5, 5.41) is 4.12. The summed E-state index contributed by atoms with van der Waals surface area (Å²) >= 11 is 7.46. The van der Waals surface area contributed by atoms with Gasteiger partial charge in [-0.25, -0.2) is 4.98 Å². The second-order valence-electron chi connectivity index (χ2n) is 7.07. The van der Waals surface area contributed by atoms with Gasteiger partial charge in [0.2, 0.25) is 5.91 Å². The van der Waals surface area contributed by atoms with Crippen LogP contribution in [-0.2, 0) is 24.2 Å². The maximum absolute atomic E-state index is 13.0. The molecule has 1 N–H and O–H groups in total. The summed E-state index contributed by atoms with van der Waals surface area (Å²) in [4.78, 5) is 31.7. The third-order valence-electron chi connectivity index (χ3n) is 5.01. The van der Waals surface area contributed by atoms with Gasteiger partial charge in [0.25, 0.3) is 5.56 Å². The molecule has 29 heavy (non-hydrogen) atoms. The van der Waals surface area contributed by atoms with Gasteiger partial charge in [-0.1, -0.05) is 18.0 Å². The number of hydrogen-bond donors (Lipinski definition) is 1. The number of aromatic nitrogens is 2. The van der Waals surface area contributed by atoms with Crippen LogP contribution in [0.15, 0.2) is 35.4 Å². The van der Waals surface area contributed by atoms with Crippen molar-refractivity contribution in [1.29, 1.82) is 0 Å². The van der Waals surface area contributed by atoms with Gasteiger partial charge in [-0.2, -0.15) is 0 Å². The zero-order chi connectivity index (χ0) is 20.2. The topological polar surface area (TPSA) is 73.2 Å². The van der Waals surface area contributed by atoms with Gasteiger partial charge in [0.15, 0.2) is 0 Å². The second-order valence-corrected chi connectivity index (χ2v) is 8.59. The van der Waals surface area contributed by atoms with E-state index < -0.39 is 0 Å². The van der Waals surface area contributed by atoms with E-state index in [-0.39, 0.29) is 18.0 Å². The molecule has 0 aliphatic heterocycles. The number of amides is 1. The van der Waals surface area contributed by atoms with E-state index in [9.17, 15) is 9.59 Å². The highest BCUT2D eigenvalue weighted by molar-refractivity contribution is 7.18. The van der Waals surface area contributed by atoms with Crippen LogP contribution in [0.2, 0.25) is 5.02 Å². The number of fused-ring (bicyclic) bond motifs is 3. The molecule has 0 atom stereocenters. The van der Waals surface area contributed by atoms with Crippen LogP contribution in [0.25, 0.3) is 10.2 Å². The molecule has 0 fully saturated rings. The van der Waals surface area contributed by atoms with Crippen molar-refractivity contribution in [3.05, 3.63) is 56.4 Å². The Bertz CT molecular complexity index is 1080. The molecular weight excluding hydrogens is 410 g/mol. The molecular formula is C21H22ClN3O3S. The molecule has 8 heteroatoms. The van der Waals surface area contributed by atoms with Gasteiger partial charge in [-0.15, -0.1) is 11.3 Å². The van der Waals surface area contributed by atoms with E-state index in [1.165, 1.54) is 22.2 Å². The molecule has 0 saturated heterocycles. The first-order valence-electron chi connectivity index (χ1n) is 9.76. The molecule has 1 aromatic carbocycles. The lowest BCUT2D eigenvalue weighted by atomic mass is 10.1. The Morgan fingerprint density at radius 3 is 2.83 bits per heavy atom. The summed E-state index contributed by atoms with van der Waals surface area (Å²) < 4.78 is 6.95. The number of halogens is 1. The van der Waals surface area contributed by atoms with E-state index in [1.54, 1.807) is 35.6 Å². The Morgan fingerprint density at radius 2 is 2.00 bits per heavy atom. The zero-order valence-corrected chi connectivity index (χ0v) is 17.5. The average Bonchev–Trinajstić information content (AvgIpc) is 2.91. The van der Waals surface area contributed by atoms with Gasteiger partial charge >= 0.3 is 0 Å². The smallest absolute Gasteiger partial charge is 0.262 e. The number of carbonyl (C=O) groups is 1. The fourth-order valence-corrected chi connectivity index (χ4v) is 4.92. The number of aryl methyl sites for hydroxylation is 2. The number of carbonyl (C=O) groups excluding carboxylic acids is 1. The van der Waals surface area contributed by atoms with Gasteiger partial charge < -0.3 is 10.1 Å². The highest BCUT2D eigenvalue weighted by Crippen LogP contribution is 2.32. The van der Waals surface area contributed by atoms with Crippen molar-refractivity contribution in [1.82, 2.24) is 14.9 Å². The highest BCUT2D eigenvalue weighted by atomic mass is 35.5. The Labute approximate surface area is 177 Å². The van der Waals surface area contributed by atoms with Crippen molar-refractivity contribution < 1.29 is 9.53 Å². The molecule has 0 bridgehead atoms. The van der Waals surface area contributed by atoms with Gasteiger partial charge in [0, 0.05) is 9.90 Å². The first kappa shape index (κ1) is 19.9. The minimum Gasteiger partial charge on any atom is -0.492 e. The van der Waals surface area contributed by atoms with Crippen LogP contribution in [-0.4, -0.2) is 28.6 Å². The average molecular weight is 432 g/mol. The molecule has 152 valence electrons. The van der Waals surface area contributed by atoms with Crippen LogP contribution in [0, 0.1) is 0 Å². The molecule has 2 heterocycles. The van der Waals surface area contributed by atoms with E-state index >= 15 is 0 Å². The number of rotatable bonds is 6. The van der Waals surface area contributed by atoms with Gasteiger partial charge in [0.05, 0.1) is 18.3 Å². The molecule has 6 nitrogen and oxygen atoms in total. The molecule has 1 aliphatic rings. The number of nitrogens with zero attached hydrogens (tertiary/aromatic N) is 2. The van der Waals surface area contributed by atoms with Crippen LogP contribution in [0.3, 0.4) is 0 Å². The molecule has 4 rings (SSSR count). The van der Waals surface area contributed by atoms with Crippen molar-refractivity contribution in [2.24, 2.45) is 0 Å². The molecule has 2 aromatic heterocycles. The third kappa shape index (κ3) is 4.62. The van der Waals surface area contributed by atoms with Crippen molar-refractivity contribution in [2.75, 3.05) is 13.2 Å². The lowest BCUT2D eigenvalue weighted by Crippen LogP contribution is -2.34. The quantitative estimate of drug-likeness (QED) is 0.478. The molecule has 3 aromatic rings. The Kier molecular flexibility index (Phi) is 6.16. The number of thiophene rings is 1. The van der Waals surface area contributed by atoms with Gasteiger partial charge in [-0.3, -0.25) is 14.2 Å². The molecule has 0 radical (unpaired) electrons. The van der Waals surface area contributed by atoms with Crippen molar-refractivity contribution >= 4 is 39.1 Å². The Morgan fingerprint density at radius 1 is 1.21 bits per heavy atom. The molecule has 0 spiro atoms. The minimum atomic E-state index is -0.241. The molecule has 1 amide bonds. The predicted octanol–water partition coefficient (Wildman–Crippen LogP) is 3.58. The molecule has 0 unspecified atom stereocenters. The van der Waals surface area contributed by atoms with Crippen molar-refractivity contribution in [3.8, 4) is 5.75 Å². The maximum Gasteiger partial charge on any atom is 0.262 e. The number of ether oxygens (including phenoxy) is 1. The van der Waals surface area contributed by atoms with Crippen LogP contribution >= 0.6 is 22.9 Å². The van der Waals surface area contributed by atoms with E-state index in [2.05, 4.69) is 10.3 Å². The van der Waals surface area contributed by atoms with Crippen LogP contribution in [0.4, 0.5) is 0 Å². The lowest BCUT2D eigenvalue weighted by molar-refractivity contribution is -0.121. The molecule has 1 aliphatic carbocycles. The van der Waals surface area contributed by atoms with Crippen molar-refractivity contribution in [3.63, 3.8) is 0 Å². The zero-order valence-electron chi connectivity index (χ0n) is 15.9. The fourth-order valence-electron chi connectivity index (χ4n) is 3.57. The van der Waals surface area contributed by atoms with E-state index in [0.29, 0.717) is 29.3 Å². The standard InChI is InChI=1S/C21H22ClN3O3S/c22-14-6-8-15(9-7-14)28-11-10-23-18(26)12-25-13-24-20-19(21(25)27)16-4-2-1-3-5-17(16)29-20/h6-9,13H,1-5,10-12H2,(H,23,26). The van der Waals surface area contributed by atoms with Crippen LogP contribution in [0.5, 0.6) is 5.75 Å². The highest BCUT2D eigenvalue weighted by Gasteiger charge is 2.19. The van der Waals surface area contributed by atoms with E-state index in [1.807, 2.05) is 0 Å². The minimum absolute atomic E-state index is 0.0483. The van der Waals surface area contributed by atoms with Crippen LogP contribution in [0.1, 0.15) is 29.7 Å². The van der Waals surface area contributed by atoms with Gasteiger partial charge in [-0.05, 0) is 55.5 Å². The second kappa shape index (κ2) is 8.97. The summed E-state index contributed by atoms with van der Waals surface area (Å²) in [7, 11) is 0.